The molecule has 2 nitrogen and oxygen atoms in total. The third-order valence-electron chi connectivity index (χ3n) is 4.87. The minimum absolute atomic E-state index is 0.257. The first-order valence-electron chi connectivity index (χ1n) is 8.29. The van der Waals surface area contributed by atoms with Crippen LogP contribution in [-0.2, 0) is 17.6 Å². The summed E-state index contributed by atoms with van der Waals surface area (Å²) < 4.78 is 0. The standard InChI is InChI=1S/C18H24ClNO/c19-11-10-14-8-9-17-16(13-14)7-4-12-20(17)18(21)15-5-2-1-3-6-15/h8-9,13,15H,1-7,10-12H2. The van der Waals surface area contributed by atoms with E-state index in [4.69, 9.17) is 11.6 Å². The molecule has 3 heteroatoms. The van der Waals surface area contributed by atoms with Crippen molar-refractivity contribution < 1.29 is 4.79 Å². The van der Waals surface area contributed by atoms with Crippen LogP contribution in [0.15, 0.2) is 18.2 Å². The molecule has 0 spiro atoms. The first-order valence-corrected chi connectivity index (χ1v) is 8.82. The quantitative estimate of drug-likeness (QED) is 0.761. The summed E-state index contributed by atoms with van der Waals surface area (Å²) in [7, 11) is 0. The van der Waals surface area contributed by atoms with E-state index >= 15 is 0 Å². The summed E-state index contributed by atoms with van der Waals surface area (Å²) in [4.78, 5) is 14.9. The molecule has 2 aliphatic rings. The summed E-state index contributed by atoms with van der Waals surface area (Å²) >= 11 is 5.84. The second-order valence-corrected chi connectivity index (χ2v) is 6.71. The Kier molecular flexibility index (Phi) is 4.84. The highest BCUT2D eigenvalue weighted by Crippen LogP contribution is 2.32. The molecule has 0 saturated heterocycles. The Morgan fingerprint density at radius 3 is 2.76 bits per heavy atom. The van der Waals surface area contributed by atoms with E-state index in [2.05, 4.69) is 23.1 Å². The largest absolute Gasteiger partial charge is 0.312 e. The molecule has 1 aromatic rings. The summed E-state index contributed by atoms with van der Waals surface area (Å²) in [6.45, 7) is 0.886. The molecule has 1 saturated carbocycles. The minimum Gasteiger partial charge on any atom is -0.312 e. The molecule has 114 valence electrons. The van der Waals surface area contributed by atoms with Gasteiger partial charge in [0.05, 0.1) is 0 Å². The molecule has 1 aromatic carbocycles. The molecule has 0 radical (unpaired) electrons. The monoisotopic (exact) mass is 305 g/mol. The fourth-order valence-electron chi connectivity index (χ4n) is 3.71. The van der Waals surface area contributed by atoms with Crippen molar-refractivity contribution in [1.82, 2.24) is 0 Å². The van der Waals surface area contributed by atoms with Crippen LogP contribution < -0.4 is 4.90 Å². The van der Waals surface area contributed by atoms with Crippen LogP contribution in [0.5, 0.6) is 0 Å². The molecule has 0 bridgehead atoms. The Balaban J connectivity index is 1.81. The van der Waals surface area contributed by atoms with Gasteiger partial charge in [0, 0.05) is 24.0 Å². The molecule has 3 rings (SSSR count). The number of fused-ring (bicyclic) bond motifs is 1. The van der Waals surface area contributed by atoms with Crippen LogP contribution in [-0.4, -0.2) is 18.3 Å². The zero-order valence-corrected chi connectivity index (χ0v) is 13.4. The van der Waals surface area contributed by atoms with E-state index in [1.807, 2.05) is 0 Å². The van der Waals surface area contributed by atoms with Crippen LogP contribution in [0.3, 0.4) is 0 Å². The maximum Gasteiger partial charge on any atom is 0.230 e. The average Bonchev–Trinajstić information content (AvgIpc) is 2.54. The highest BCUT2D eigenvalue weighted by Gasteiger charge is 2.29. The highest BCUT2D eigenvalue weighted by atomic mass is 35.5. The number of hydrogen-bond acceptors (Lipinski definition) is 1. The second kappa shape index (κ2) is 6.83. The van der Waals surface area contributed by atoms with Gasteiger partial charge < -0.3 is 4.90 Å². The maximum absolute atomic E-state index is 12.8. The normalized spacial score (nSPS) is 19.4. The van der Waals surface area contributed by atoms with Crippen molar-refractivity contribution in [3.05, 3.63) is 29.3 Å². The van der Waals surface area contributed by atoms with Crippen molar-refractivity contribution in [3.8, 4) is 0 Å². The van der Waals surface area contributed by atoms with Crippen molar-refractivity contribution in [2.24, 2.45) is 5.92 Å². The van der Waals surface area contributed by atoms with Gasteiger partial charge in [-0.1, -0.05) is 31.4 Å². The lowest BCUT2D eigenvalue weighted by Crippen LogP contribution is -2.40. The number of rotatable bonds is 3. The molecular formula is C18H24ClNO. The van der Waals surface area contributed by atoms with Crippen molar-refractivity contribution >= 4 is 23.2 Å². The van der Waals surface area contributed by atoms with Gasteiger partial charge in [-0.15, -0.1) is 11.6 Å². The number of benzene rings is 1. The summed E-state index contributed by atoms with van der Waals surface area (Å²) in [6.07, 6.45) is 8.95. The molecule has 1 aliphatic carbocycles. The van der Waals surface area contributed by atoms with Crippen LogP contribution in [0, 0.1) is 5.92 Å². The molecule has 1 amide bonds. The zero-order valence-electron chi connectivity index (χ0n) is 12.6. The SMILES string of the molecule is O=C(C1CCCCC1)N1CCCc2cc(CCCl)ccc21. The average molecular weight is 306 g/mol. The molecule has 0 unspecified atom stereocenters. The van der Waals surface area contributed by atoms with Gasteiger partial charge in [0.2, 0.25) is 5.91 Å². The van der Waals surface area contributed by atoms with Gasteiger partial charge >= 0.3 is 0 Å². The second-order valence-electron chi connectivity index (χ2n) is 6.33. The number of carbonyl (C=O) groups excluding carboxylic acids is 1. The highest BCUT2D eigenvalue weighted by molar-refractivity contribution is 6.18. The lowest BCUT2D eigenvalue weighted by molar-refractivity contribution is -0.123. The molecule has 1 aliphatic heterocycles. The molecule has 21 heavy (non-hydrogen) atoms. The first-order chi connectivity index (χ1) is 10.3. The molecule has 1 fully saturated rings. The zero-order chi connectivity index (χ0) is 14.7. The summed E-state index contributed by atoms with van der Waals surface area (Å²) in [6, 6.07) is 6.52. The third-order valence-corrected chi connectivity index (χ3v) is 5.06. The molecule has 0 N–H and O–H groups in total. The number of alkyl halides is 1. The van der Waals surface area contributed by atoms with Crippen molar-refractivity contribution in [2.45, 2.75) is 51.4 Å². The van der Waals surface area contributed by atoms with E-state index in [1.54, 1.807) is 0 Å². The van der Waals surface area contributed by atoms with Crippen LogP contribution in [0.1, 0.15) is 49.7 Å². The van der Waals surface area contributed by atoms with Gasteiger partial charge in [-0.05, 0) is 49.3 Å². The van der Waals surface area contributed by atoms with Crippen LogP contribution in [0.25, 0.3) is 0 Å². The van der Waals surface area contributed by atoms with Gasteiger partial charge in [-0.25, -0.2) is 0 Å². The number of carbonyl (C=O) groups is 1. The van der Waals surface area contributed by atoms with Gasteiger partial charge in [0.1, 0.15) is 0 Å². The first kappa shape index (κ1) is 14.9. The van der Waals surface area contributed by atoms with Crippen molar-refractivity contribution in [1.29, 1.82) is 0 Å². The Bertz CT molecular complexity index is 508. The van der Waals surface area contributed by atoms with Gasteiger partial charge in [0.15, 0.2) is 0 Å². The van der Waals surface area contributed by atoms with Gasteiger partial charge in [0.25, 0.3) is 0 Å². The molecular weight excluding hydrogens is 282 g/mol. The van der Waals surface area contributed by atoms with E-state index in [9.17, 15) is 4.79 Å². The summed E-state index contributed by atoms with van der Waals surface area (Å²) in [5.74, 6) is 1.27. The predicted molar refractivity (Wildman–Crippen MR) is 88.1 cm³/mol. The molecule has 0 atom stereocenters. The number of nitrogens with zero attached hydrogens (tertiary/aromatic N) is 1. The van der Waals surface area contributed by atoms with Crippen molar-refractivity contribution in [2.75, 3.05) is 17.3 Å². The van der Waals surface area contributed by atoms with Crippen molar-refractivity contribution in [3.63, 3.8) is 0 Å². The van der Waals surface area contributed by atoms with Crippen LogP contribution >= 0.6 is 11.6 Å². The summed E-state index contributed by atoms with van der Waals surface area (Å²) in [5, 5.41) is 0. The fraction of sp³-hybridized carbons (Fsp3) is 0.611. The van der Waals surface area contributed by atoms with Crippen LogP contribution in [0.4, 0.5) is 5.69 Å². The Morgan fingerprint density at radius 2 is 2.00 bits per heavy atom. The number of hydrogen-bond donors (Lipinski definition) is 0. The van der Waals surface area contributed by atoms with Crippen LogP contribution in [0.2, 0.25) is 0 Å². The lowest BCUT2D eigenvalue weighted by Gasteiger charge is -2.34. The van der Waals surface area contributed by atoms with E-state index in [-0.39, 0.29) is 5.92 Å². The molecule has 1 heterocycles. The van der Waals surface area contributed by atoms with E-state index in [0.29, 0.717) is 11.8 Å². The Hall–Kier alpha value is -1.02. The summed E-state index contributed by atoms with van der Waals surface area (Å²) in [5.41, 5.74) is 3.76. The smallest absolute Gasteiger partial charge is 0.230 e. The van der Waals surface area contributed by atoms with E-state index in [1.165, 1.54) is 30.4 Å². The van der Waals surface area contributed by atoms with E-state index in [0.717, 1.165) is 44.3 Å². The minimum atomic E-state index is 0.257. The number of anilines is 1. The Morgan fingerprint density at radius 1 is 1.19 bits per heavy atom. The lowest BCUT2D eigenvalue weighted by atomic mass is 9.87. The molecule has 0 aromatic heterocycles. The maximum atomic E-state index is 12.8. The van der Waals surface area contributed by atoms with Gasteiger partial charge in [-0.2, -0.15) is 0 Å². The topological polar surface area (TPSA) is 20.3 Å². The number of amides is 1. The predicted octanol–water partition coefficient (Wildman–Crippen LogP) is 4.33. The van der Waals surface area contributed by atoms with Gasteiger partial charge in [-0.3, -0.25) is 4.79 Å². The number of halogens is 1. The number of aryl methyl sites for hydroxylation is 2. The third kappa shape index (κ3) is 3.26. The van der Waals surface area contributed by atoms with E-state index < -0.39 is 0 Å². The Labute approximate surface area is 132 Å². The fourth-order valence-corrected chi connectivity index (χ4v) is 3.93.